The van der Waals surface area contributed by atoms with Crippen molar-refractivity contribution in [3.63, 3.8) is 0 Å². The van der Waals surface area contributed by atoms with E-state index < -0.39 is 5.60 Å². The number of benzene rings is 2. The number of carbonyl (C=O) groups excluding carboxylic acids is 1. The highest BCUT2D eigenvalue weighted by molar-refractivity contribution is 5.92. The van der Waals surface area contributed by atoms with Gasteiger partial charge >= 0.3 is 6.09 Å². The van der Waals surface area contributed by atoms with Gasteiger partial charge in [-0.05, 0) is 41.3 Å². The number of alkyl carbamates (subject to hydrolysis) is 1. The Hall–Kier alpha value is -3.67. The van der Waals surface area contributed by atoms with Gasteiger partial charge < -0.3 is 10.1 Å². The molecule has 2 N–H and O–H groups in total. The lowest BCUT2D eigenvalue weighted by Gasteiger charge is -2.28. The van der Waals surface area contributed by atoms with Crippen LogP contribution in [0, 0.1) is 6.92 Å². The zero-order chi connectivity index (χ0) is 19.8. The fraction of sp³-hybridized carbons (Fsp3) is 0.174. The average molecular weight is 384 g/mol. The van der Waals surface area contributed by atoms with Crippen molar-refractivity contribution in [3.05, 3.63) is 83.7 Å². The summed E-state index contributed by atoms with van der Waals surface area (Å²) in [6, 6.07) is 18.4. The Morgan fingerprint density at radius 3 is 2.79 bits per heavy atom. The van der Waals surface area contributed by atoms with Crippen LogP contribution in [0.5, 0.6) is 0 Å². The molecule has 4 aromatic rings. The van der Waals surface area contributed by atoms with E-state index in [-0.39, 0.29) is 6.09 Å². The van der Waals surface area contributed by atoms with Gasteiger partial charge in [0.05, 0.1) is 12.7 Å². The first kappa shape index (κ1) is 17.4. The minimum atomic E-state index is -0.748. The van der Waals surface area contributed by atoms with Crippen LogP contribution in [0.2, 0.25) is 0 Å². The van der Waals surface area contributed by atoms with Crippen molar-refractivity contribution in [2.45, 2.75) is 18.9 Å². The third-order valence-electron chi connectivity index (χ3n) is 5.41. The number of aromatic nitrogens is 3. The van der Waals surface area contributed by atoms with Gasteiger partial charge in [-0.15, -0.1) is 0 Å². The quantitative estimate of drug-likeness (QED) is 0.555. The highest BCUT2D eigenvalue weighted by Crippen LogP contribution is 2.37. The third-order valence-corrected chi connectivity index (χ3v) is 5.41. The van der Waals surface area contributed by atoms with E-state index in [1.165, 1.54) is 0 Å². The predicted molar refractivity (Wildman–Crippen MR) is 110 cm³/mol. The molecule has 2 aromatic heterocycles. The van der Waals surface area contributed by atoms with Crippen molar-refractivity contribution in [1.82, 2.24) is 20.5 Å². The molecule has 1 aliphatic heterocycles. The third kappa shape index (κ3) is 3.12. The van der Waals surface area contributed by atoms with Gasteiger partial charge in [-0.25, -0.2) is 9.78 Å². The molecule has 0 spiro atoms. The number of pyridine rings is 1. The molecular weight excluding hydrogens is 364 g/mol. The molecule has 3 heterocycles. The second-order valence-electron chi connectivity index (χ2n) is 7.48. The average Bonchev–Trinajstić information content (AvgIpc) is 3.35. The van der Waals surface area contributed by atoms with Crippen LogP contribution in [0.1, 0.15) is 16.7 Å². The van der Waals surface area contributed by atoms with Crippen molar-refractivity contribution in [3.8, 4) is 11.1 Å². The second-order valence-corrected chi connectivity index (χ2v) is 7.48. The van der Waals surface area contributed by atoms with Crippen molar-refractivity contribution in [2.24, 2.45) is 0 Å². The van der Waals surface area contributed by atoms with Gasteiger partial charge in [0.1, 0.15) is 0 Å². The normalized spacial score (nSPS) is 18.6. The summed E-state index contributed by atoms with van der Waals surface area (Å²) in [5.74, 6) is 0. The van der Waals surface area contributed by atoms with Gasteiger partial charge in [0.15, 0.2) is 11.2 Å². The summed E-state index contributed by atoms with van der Waals surface area (Å²) in [5.41, 5.74) is 5.28. The topological polar surface area (TPSA) is 79.9 Å². The number of aromatic amines is 1. The summed E-state index contributed by atoms with van der Waals surface area (Å²) < 4.78 is 5.88. The van der Waals surface area contributed by atoms with E-state index in [9.17, 15) is 4.79 Å². The molecule has 1 unspecified atom stereocenters. The van der Waals surface area contributed by atoms with Crippen LogP contribution < -0.4 is 5.32 Å². The maximum atomic E-state index is 12.0. The van der Waals surface area contributed by atoms with Crippen LogP contribution >= 0.6 is 0 Å². The SMILES string of the molecule is Cc1cc(-c2ccnc3[nH]ncc23)cc(C2(Cc3ccccc3)CNC(=O)O2)c1. The number of cyclic esters (lactones) is 1. The Kier molecular flexibility index (Phi) is 4.05. The first-order valence-electron chi connectivity index (χ1n) is 9.54. The monoisotopic (exact) mass is 384 g/mol. The summed E-state index contributed by atoms with van der Waals surface area (Å²) in [6.07, 6.45) is 3.78. The number of hydrogen-bond donors (Lipinski definition) is 2. The van der Waals surface area contributed by atoms with Gasteiger partial charge in [-0.3, -0.25) is 5.10 Å². The number of carbonyl (C=O) groups is 1. The molecule has 0 bridgehead atoms. The van der Waals surface area contributed by atoms with Crippen molar-refractivity contribution < 1.29 is 9.53 Å². The van der Waals surface area contributed by atoms with Crippen molar-refractivity contribution in [1.29, 1.82) is 0 Å². The Labute approximate surface area is 167 Å². The molecule has 5 rings (SSSR count). The lowest BCUT2D eigenvalue weighted by molar-refractivity contribution is 0.0547. The molecule has 6 heteroatoms. The number of rotatable bonds is 4. The molecule has 1 fully saturated rings. The van der Waals surface area contributed by atoms with Crippen molar-refractivity contribution >= 4 is 17.1 Å². The van der Waals surface area contributed by atoms with Crippen LogP contribution in [0.4, 0.5) is 4.79 Å². The largest absolute Gasteiger partial charge is 0.436 e. The van der Waals surface area contributed by atoms with Gasteiger partial charge in [-0.1, -0.05) is 48.0 Å². The summed E-state index contributed by atoms with van der Waals surface area (Å²) in [5, 5.41) is 10.8. The van der Waals surface area contributed by atoms with Gasteiger partial charge in [0.2, 0.25) is 0 Å². The van der Waals surface area contributed by atoms with E-state index in [0.717, 1.165) is 38.9 Å². The van der Waals surface area contributed by atoms with E-state index >= 15 is 0 Å². The Balaban J connectivity index is 1.64. The standard InChI is InChI=1S/C23H20N4O2/c1-15-9-17(19-7-8-24-21-20(19)13-26-27-21)11-18(10-15)23(14-25-22(28)29-23)12-16-5-3-2-4-6-16/h2-11,13H,12,14H2,1H3,(H,25,28)(H,24,26,27). The van der Waals surface area contributed by atoms with Gasteiger partial charge in [0, 0.05) is 18.0 Å². The van der Waals surface area contributed by atoms with Crippen molar-refractivity contribution in [2.75, 3.05) is 6.54 Å². The smallest absolute Gasteiger partial charge is 0.408 e. The first-order chi connectivity index (χ1) is 14.1. The molecule has 1 amide bonds. The number of fused-ring (bicyclic) bond motifs is 1. The summed E-state index contributed by atoms with van der Waals surface area (Å²) >= 11 is 0. The number of amides is 1. The molecule has 1 aliphatic rings. The molecular formula is C23H20N4O2. The molecule has 1 atom stereocenters. The maximum Gasteiger partial charge on any atom is 0.408 e. The maximum absolute atomic E-state index is 12.0. The number of ether oxygens (including phenoxy) is 1. The highest BCUT2D eigenvalue weighted by atomic mass is 16.6. The van der Waals surface area contributed by atoms with Crippen LogP contribution in [0.3, 0.4) is 0 Å². The fourth-order valence-electron chi connectivity index (χ4n) is 4.06. The number of nitrogens with one attached hydrogen (secondary N) is 2. The van der Waals surface area contributed by atoms with Gasteiger partial charge in [-0.2, -0.15) is 5.10 Å². The Morgan fingerprint density at radius 2 is 2.00 bits per heavy atom. The minimum Gasteiger partial charge on any atom is -0.436 e. The van der Waals surface area contributed by atoms with E-state index in [2.05, 4.69) is 57.8 Å². The molecule has 2 aromatic carbocycles. The summed E-state index contributed by atoms with van der Waals surface area (Å²) in [4.78, 5) is 16.4. The molecule has 1 saturated heterocycles. The van der Waals surface area contributed by atoms with E-state index in [4.69, 9.17) is 4.74 Å². The predicted octanol–water partition coefficient (Wildman–Crippen LogP) is 4.11. The Bertz CT molecular complexity index is 1200. The number of aryl methyl sites for hydroxylation is 1. The first-order valence-corrected chi connectivity index (χ1v) is 9.54. The van der Waals surface area contributed by atoms with Gasteiger partial charge in [0.25, 0.3) is 0 Å². The molecule has 144 valence electrons. The molecule has 0 radical (unpaired) electrons. The molecule has 0 aliphatic carbocycles. The zero-order valence-corrected chi connectivity index (χ0v) is 16.0. The van der Waals surface area contributed by atoms with E-state index in [1.807, 2.05) is 24.3 Å². The molecule has 0 saturated carbocycles. The number of nitrogens with zero attached hydrogens (tertiary/aromatic N) is 2. The number of hydrogen-bond acceptors (Lipinski definition) is 4. The molecule has 29 heavy (non-hydrogen) atoms. The fourth-order valence-corrected chi connectivity index (χ4v) is 4.06. The lowest BCUT2D eigenvalue weighted by Crippen LogP contribution is -2.33. The summed E-state index contributed by atoms with van der Waals surface area (Å²) in [6.45, 7) is 2.49. The zero-order valence-electron chi connectivity index (χ0n) is 16.0. The summed E-state index contributed by atoms with van der Waals surface area (Å²) in [7, 11) is 0. The van der Waals surface area contributed by atoms with Crippen LogP contribution in [0.15, 0.2) is 67.0 Å². The molecule has 6 nitrogen and oxygen atoms in total. The highest BCUT2D eigenvalue weighted by Gasteiger charge is 2.42. The second kappa shape index (κ2) is 6.74. The van der Waals surface area contributed by atoms with E-state index in [0.29, 0.717) is 13.0 Å². The number of H-pyrrole nitrogens is 1. The van der Waals surface area contributed by atoms with Crippen LogP contribution in [0.25, 0.3) is 22.2 Å². The minimum absolute atomic E-state index is 0.384. The van der Waals surface area contributed by atoms with Crippen LogP contribution in [-0.2, 0) is 16.8 Å². The lowest BCUT2D eigenvalue weighted by atomic mass is 9.84. The van der Waals surface area contributed by atoms with E-state index in [1.54, 1.807) is 12.4 Å². The Morgan fingerprint density at radius 1 is 1.14 bits per heavy atom. The van der Waals surface area contributed by atoms with Crippen LogP contribution in [-0.4, -0.2) is 27.8 Å².